The van der Waals surface area contributed by atoms with Crippen LogP contribution < -0.4 is 19.1 Å². The molecule has 0 fully saturated rings. The standard InChI is InChI=1S/2Ho.9O.3Zr/q2*+3;;;;6*-1;;;. The van der Waals surface area contributed by atoms with Gasteiger partial charge in [-0.05, 0) is 0 Å². The fourth-order valence-corrected chi connectivity index (χ4v) is 0. The molecule has 0 aromatic carbocycles. The molecule has 0 unspecified atom stereocenters. The number of hydrogen-bond donors (Lipinski definition) is 0. The van der Waals surface area contributed by atoms with E-state index in [9.17, 15) is 0 Å². The summed E-state index contributed by atoms with van der Waals surface area (Å²) < 4.78 is 77.5. The van der Waals surface area contributed by atoms with Crippen molar-refractivity contribution in [2.45, 2.75) is 0 Å². The van der Waals surface area contributed by atoms with Crippen molar-refractivity contribution in [3.8, 4) is 0 Å². The van der Waals surface area contributed by atoms with Crippen LogP contribution in [0, 0.1) is 75.5 Å². The second-order valence-electron chi connectivity index (χ2n) is 0.750. The van der Waals surface area contributed by atoms with Crippen LogP contribution in [-0.4, -0.2) is 0 Å². The van der Waals surface area contributed by atoms with Crippen LogP contribution in [-0.2, 0) is 76.3 Å². The van der Waals surface area contributed by atoms with Crippen molar-refractivity contribution in [2.75, 3.05) is 0 Å². The molecule has 0 aromatic heterocycles. The van der Waals surface area contributed by atoms with Crippen molar-refractivity contribution < 1.29 is 171 Å². The quantitative estimate of drug-likeness (QED) is 0.217. The van der Waals surface area contributed by atoms with E-state index in [1.54, 1.807) is 0 Å². The zero-order valence-corrected chi connectivity index (χ0v) is 17.0. The van der Waals surface area contributed by atoms with Gasteiger partial charge in [0.25, 0.3) is 0 Å². The Hall–Kier alpha value is 4.33. The molecule has 0 N–H and O–H groups in total. The van der Waals surface area contributed by atoms with Crippen molar-refractivity contribution in [3.63, 3.8) is 0 Å². The fraction of sp³-hybridized carbons (Fsp3) is 0. The minimum atomic E-state index is -4.29. The molecular formula is Ho2O9Zr3. The van der Waals surface area contributed by atoms with Gasteiger partial charge >= 0.3 is 171 Å². The molecule has 0 spiro atoms. The Morgan fingerprint density at radius 3 is 0.500 bits per heavy atom. The predicted octanol–water partition coefficient (Wildman–Crippen LogP) is -7.50. The van der Waals surface area contributed by atoms with Crippen LogP contribution in [0.1, 0.15) is 0 Å². The Morgan fingerprint density at radius 2 is 0.500 bits per heavy atom. The molecule has 0 rings (SSSR count). The van der Waals surface area contributed by atoms with Gasteiger partial charge in [0.05, 0.1) is 0 Å². The van der Waals surface area contributed by atoms with E-state index in [1.165, 1.54) is 0 Å². The Morgan fingerprint density at radius 1 is 0.500 bits per heavy atom. The van der Waals surface area contributed by atoms with Gasteiger partial charge in [0.15, 0.2) is 0 Å². The van der Waals surface area contributed by atoms with Crippen LogP contribution in [0.25, 0.3) is 0 Å². The predicted molar refractivity (Wildman–Crippen MR) is 2.06 cm³/mol. The van der Waals surface area contributed by atoms with Gasteiger partial charge in [-0.2, -0.15) is 0 Å². The molecule has 0 bridgehead atoms. The summed E-state index contributed by atoms with van der Waals surface area (Å²) in [7, 11) is 0. The van der Waals surface area contributed by atoms with Gasteiger partial charge in [0.2, 0.25) is 0 Å². The number of hydrogen-bond acceptors (Lipinski definition) is 9. The Labute approximate surface area is 166 Å². The molecule has 9 nitrogen and oxygen atoms in total. The first-order valence-corrected chi connectivity index (χ1v) is 10.9. The molecule has 0 aliphatic heterocycles. The molecule has 0 aliphatic carbocycles. The summed E-state index contributed by atoms with van der Waals surface area (Å²) in [4.78, 5) is 0. The molecule has 14 heteroatoms. The maximum absolute atomic E-state index is 8.61. The van der Waals surface area contributed by atoms with E-state index in [0.717, 1.165) is 0 Å². The van der Waals surface area contributed by atoms with Crippen molar-refractivity contribution in [1.29, 1.82) is 0 Å². The molecule has 0 heterocycles. The molecule has 0 aromatic rings. The monoisotopic (exact) mass is 744 g/mol. The summed E-state index contributed by atoms with van der Waals surface area (Å²) in [6.45, 7) is 0. The molecule has 0 amide bonds. The van der Waals surface area contributed by atoms with E-state index < -0.39 is 67.9 Å². The average Bonchev–Trinajstić information content (AvgIpc) is 1.54. The third-order valence-electron chi connectivity index (χ3n) is 0. The summed E-state index contributed by atoms with van der Waals surface area (Å²) in [6.07, 6.45) is 0. The average molecular weight is 748 g/mol. The summed E-state index contributed by atoms with van der Waals surface area (Å²) in [5.74, 6) is 0. The molecule has 88 valence electrons. The van der Waals surface area contributed by atoms with Gasteiger partial charge in [0.1, 0.15) is 0 Å². The summed E-state index contributed by atoms with van der Waals surface area (Å²) >= 11 is -12.9. The van der Waals surface area contributed by atoms with Crippen molar-refractivity contribution in [2.24, 2.45) is 0 Å². The Balaban J connectivity index is -0.0000000270. The molecule has 0 aliphatic rings. The van der Waals surface area contributed by atoms with Crippen molar-refractivity contribution in [1.82, 2.24) is 0 Å². The van der Waals surface area contributed by atoms with Gasteiger partial charge in [-0.3, -0.25) is 0 Å². The molecule has 0 saturated carbocycles. The van der Waals surface area contributed by atoms with E-state index in [-0.39, 0.29) is 75.5 Å². The zero-order chi connectivity index (χ0) is 10.7. The van der Waals surface area contributed by atoms with Crippen LogP contribution in [0.15, 0.2) is 0 Å². The van der Waals surface area contributed by atoms with E-state index in [4.69, 9.17) is 27.5 Å². The Kier molecular flexibility index (Phi) is 57.6. The third-order valence-corrected chi connectivity index (χ3v) is 0. The van der Waals surface area contributed by atoms with Gasteiger partial charge < -0.3 is 0 Å². The summed E-state index contributed by atoms with van der Waals surface area (Å²) in [5, 5.41) is 0. The normalized spacial score (nSPS) is 5.57. The fourth-order valence-electron chi connectivity index (χ4n) is 0. The SMILES string of the molecule is [Ho+3].[Ho+3].[O]=[Zr]([O-])[O-].[O]=[Zr]([O-])[O-].[O]=[Zr]([O-])[O-]. The maximum atomic E-state index is 8.61. The zero-order valence-electron chi connectivity index (χ0n) is 5.78. The molecule has 0 radical (unpaired) electrons. The van der Waals surface area contributed by atoms with E-state index in [2.05, 4.69) is 0 Å². The van der Waals surface area contributed by atoms with E-state index in [0.29, 0.717) is 0 Å². The van der Waals surface area contributed by atoms with Crippen LogP contribution in [0.3, 0.4) is 0 Å². The van der Waals surface area contributed by atoms with E-state index in [1.807, 2.05) is 0 Å². The first-order chi connectivity index (χ1) is 5.20. The van der Waals surface area contributed by atoms with Gasteiger partial charge in [-0.25, -0.2) is 0 Å². The second-order valence-corrected chi connectivity index (χ2v) is 4.44. The van der Waals surface area contributed by atoms with Gasteiger partial charge in [-0.1, -0.05) is 0 Å². The van der Waals surface area contributed by atoms with Crippen molar-refractivity contribution in [3.05, 3.63) is 0 Å². The molecule has 14 heavy (non-hydrogen) atoms. The minimum absolute atomic E-state index is 0. The topological polar surface area (TPSA) is 190 Å². The third kappa shape index (κ3) is 205. The van der Waals surface area contributed by atoms with Crippen LogP contribution >= 0.6 is 0 Å². The molecular weight excluding hydrogens is 748 g/mol. The molecule has 0 atom stereocenters. The van der Waals surface area contributed by atoms with Crippen LogP contribution in [0.5, 0.6) is 0 Å². The Bertz CT molecular complexity index is 116. The first-order valence-electron chi connectivity index (χ1n) is 1.84. The van der Waals surface area contributed by atoms with E-state index >= 15 is 0 Å². The van der Waals surface area contributed by atoms with Gasteiger partial charge in [0, 0.05) is 0 Å². The van der Waals surface area contributed by atoms with Crippen LogP contribution in [0.4, 0.5) is 0 Å². The van der Waals surface area contributed by atoms with Crippen molar-refractivity contribution >= 4 is 0 Å². The second kappa shape index (κ2) is 26.0. The number of rotatable bonds is 0. The van der Waals surface area contributed by atoms with Gasteiger partial charge in [-0.15, -0.1) is 0 Å². The van der Waals surface area contributed by atoms with Crippen LogP contribution in [0.2, 0.25) is 0 Å². The first kappa shape index (κ1) is 31.0. The summed E-state index contributed by atoms with van der Waals surface area (Å²) in [5.41, 5.74) is 0. The molecule has 0 saturated heterocycles. The summed E-state index contributed by atoms with van der Waals surface area (Å²) in [6, 6.07) is 0.